The van der Waals surface area contributed by atoms with Crippen molar-refractivity contribution in [3.8, 4) is 11.5 Å². The number of hydrogen-bond acceptors (Lipinski definition) is 5. The minimum absolute atomic E-state index is 0.0205. The van der Waals surface area contributed by atoms with Crippen LogP contribution in [0.3, 0.4) is 0 Å². The lowest BCUT2D eigenvalue weighted by molar-refractivity contribution is 0.301. The van der Waals surface area contributed by atoms with Gasteiger partial charge in [0.1, 0.15) is 0 Å². The van der Waals surface area contributed by atoms with Gasteiger partial charge >= 0.3 is 0 Å². The molecule has 170 valence electrons. The third kappa shape index (κ3) is 5.79. The van der Waals surface area contributed by atoms with E-state index in [0.29, 0.717) is 17.8 Å². The van der Waals surface area contributed by atoms with Crippen molar-refractivity contribution in [2.45, 2.75) is 49.3 Å². The van der Waals surface area contributed by atoms with Gasteiger partial charge in [-0.05, 0) is 78.8 Å². The summed E-state index contributed by atoms with van der Waals surface area (Å²) in [6.45, 7) is 2.06. The molecule has 0 spiro atoms. The second kappa shape index (κ2) is 10.5. The standard InChI is InChI=1S/C24H33NO5S/c1-17(20-8-11-23(29-2)24(16-20)30-3)14-18-4-5-21(15-18)19-6-9-22(10-7-19)31(27,28)25-12-13-26/h6-11,16-18,21,25-26H,4-5,12-15H2,1-3H3/t17-,18?,21-/m0/s1. The first-order chi connectivity index (χ1) is 14.9. The summed E-state index contributed by atoms with van der Waals surface area (Å²) < 4.78 is 37.5. The van der Waals surface area contributed by atoms with E-state index in [-0.39, 0.29) is 18.0 Å². The van der Waals surface area contributed by atoms with E-state index in [1.807, 2.05) is 18.2 Å². The Balaban J connectivity index is 1.60. The number of hydrogen-bond donors (Lipinski definition) is 2. The Morgan fingerprint density at radius 1 is 1.06 bits per heavy atom. The van der Waals surface area contributed by atoms with Crippen molar-refractivity contribution in [3.05, 3.63) is 53.6 Å². The van der Waals surface area contributed by atoms with Crippen LogP contribution in [0.5, 0.6) is 11.5 Å². The monoisotopic (exact) mass is 447 g/mol. The smallest absolute Gasteiger partial charge is 0.240 e. The van der Waals surface area contributed by atoms with Crippen molar-refractivity contribution in [2.75, 3.05) is 27.4 Å². The highest BCUT2D eigenvalue weighted by molar-refractivity contribution is 7.89. The molecule has 0 heterocycles. The van der Waals surface area contributed by atoms with Crippen molar-refractivity contribution in [1.29, 1.82) is 0 Å². The van der Waals surface area contributed by atoms with Crippen LogP contribution < -0.4 is 14.2 Å². The topological polar surface area (TPSA) is 84.9 Å². The second-order valence-electron chi connectivity index (χ2n) is 8.32. The highest BCUT2D eigenvalue weighted by Gasteiger charge is 2.28. The zero-order valence-corrected chi connectivity index (χ0v) is 19.3. The Labute approximate surface area is 185 Å². The minimum Gasteiger partial charge on any atom is -0.493 e. The SMILES string of the molecule is COc1ccc([C@@H](C)CC2CC[C@H](c3ccc(S(=O)(=O)NCCO)cc3)C2)cc1OC. The van der Waals surface area contributed by atoms with Crippen LogP contribution in [0.25, 0.3) is 0 Å². The Bertz CT molecular complexity index is 958. The molecule has 6 nitrogen and oxygen atoms in total. The van der Waals surface area contributed by atoms with Gasteiger partial charge in [0.25, 0.3) is 0 Å². The number of ether oxygens (including phenoxy) is 2. The van der Waals surface area contributed by atoms with E-state index in [9.17, 15) is 8.42 Å². The molecule has 7 heteroatoms. The van der Waals surface area contributed by atoms with Gasteiger partial charge < -0.3 is 14.6 Å². The molecular weight excluding hydrogens is 414 g/mol. The van der Waals surface area contributed by atoms with Crippen molar-refractivity contribution >= 4 is 10.0 Å². The Hall–Kier alpha value is -2.09. The van der Waals surface area contributed by atoms with Crippen molar-refractivity contribution < 1.29 is 23.0 Å². The summed E-state index contributed by atoms with van der Waals surface area (Å²) in [6, 6.07) is 13.3. The molecule has 0 aliphatic heterocycles. The number of sulfonamides is 1. The zero-order valence-electron chi connectivity index (χ0n) is 18.5. The fourth-order valence-corrected chi connectivity index (χ4v) is 5.59. The molecule has 2 N–H and O–H groups in total. The average Bonchev–Trinajstić information content (AvgIpc) is 3.25. The quantitative estimate of drug-likeness (QED) is 0.574. The maximum Gasteiger partial charge on any atom is 0.240 e. The largest absolute Gasteiger partial charge is 0.493 e. The molecule has 0 amide bonds. The predicted octanol–water partition coefficient (Wildman–Crippen LogP) is 4.05. The number of rotatable bonds is 10. The number of benzene rings is 2. The second-order valence-corrected chi connectivity index (χ2v) is 10.1. The summed E-state index contributed by atoms with van der Waals surface area (Å²) in [5.41, 5.74) is 2.45. The fourth-order valence-electron chi connectivity index (χ4n) is 4.57. The van der Waals surface area contributed by atoms with E-state index in [1.54, 1.807) is 26.4 Å². The van der Waals surface area contributed by atoms with E-state index in [0.717, 1.165) is 30.8 Å². The van der Waals surface area contributed by atoms with Crippen LogP contribution in [0.15, 0.2) is 47.4 Å². The van der Waals surface area contributed by atoms with Crippen LogP contribution in [0, 0.1) is 5.92 Å². The summed E-state index contributed by atoms with van der Waals surface area (Å²) in [5, 5.41) is 8.84. The molecule has 2 aromatic rings. The first kappa shape index (κ1) is 23.6. The molecule has 0 radical (unpaired) electrons. The zero-order chi connectivity index (χ0) is 22.4. The van der Waals surface area contributed by atoms with E-state index in [2.05, 4.69) is 23.8 Å². The molecule has 3 rings (SSSR count). The lowest BCUT2D eigenvalue weighted by Gasteiger charge is -2.19. The van der Waals surface area contributed by atoms with Gasteiger partial charge in [0.05, 0.1) is 25.7 Å². The molecule has 3 atom stereocenters. The Kier molecular flexibility index (Phi) is 7.97. The van der Waals surface area contributed by atoms with Crippen molar-refractivity contribution in [2.24, 2.45) is 5.92 Å². The van der Waals surface area contributed by atoms with Gasteiger partial charge in [-0.1, -0.05) is 25.1 Å². The first-order valence-corrected chi connectivity index (χ1v) is 12.3. The summed E-state index contributed by atoms with van der Waals surface area (Å²) in [5.74, 6) is 3.04. The molecular formula is C24H33NO5S. The number of methoxy groups -OCH3 is 2. The molecule has 1 aliphatic rings. The van der Waals surface area contributed by atoms with Crippen LogP contribution in [-0.2, 0) is 10.0 Å². The van der Waals surface area contributed by atoms with Gasteiger partial charge in [-0.2, -0.15) is 0 Å². The molecule has 0 saturated heterocycles. The summed E-state index contributed by atoms with van der Waals surface area (Å²) in [7, 11) is -0.254. The van der Waals surface area contributed by atoms with Crippen LogP contribution in [0.2, 0.25) is 0 Å². The van der Waals surface area contributed by atoms with Crippen LogP contribution in [0.1, 0.15) is 55.6 Å². The van der Waals surface area contributed by atoms with Gasteiger partial charge in [0, 0.05) is 6.54 Å². The van der Waals surface area contributed by atoms with Crippen LogP contribution in [0.4, 0.5) is 0 Å². The lowest BCUT2D eigenvalue weighted by Crippen LogP contribution is -2.26. The maximum atomic E-state index is 12.2. The van der Waals surface area contributed by atoms with E-state index >= 15 is 0 Å². The molecule has 31 heavy (non-hydrogen) atoms. The maximum absolute atomic E-state index is 12.2. The minimum atomic E-state index is -3.56. The molecule has 1 fully saturated rings. The number of nitrogens with one attached hydrogen (secondary N) is 1. The fraction of sp³-hybridized carbons (Fsp3) is 0.500. The summed E-state index contributed by atoms with van der Waals surface area (Å²) in [4.78, 5) is 0.237. The van der Waals surface area contributed by atoms with Gasteiger partial charge in [-0.25, -0.2) is 13.1 Å². The number of aliphatic hydroxyl groups is 1. The molecule has 1 aliphatic carbocycles. The Morgan fingerprint density at radius 3 is 2.42 bits per heavy atom. The highest BCUT2D eigenvalue weighted by atomic mass is 32.2. The molecule has 1 saturated carbocycles. The lowest BCUT2D eigenvalue weighted by atomic mass is 9.88. The summed E-state index contributed by atoms with van der Waals surface area (Å²) >= 11 is 0. The van der Waals surface area contributed by atoms with Crippen LogP contribution in [-0.4, -0.2) is 40.9 Å². The average molecular weight is 448 g/mol. The molecule has 1 unspecified atom stereocenters. The summed E-state index contributed by atoms with van der Waals surface area (Å²) in [6.07, 6.45) is 4.54. The van der Waals surface area contributed by atoms with Gasteiger partial charge in [0.2, 0.25) is 10.0 Å². The Morgan fingerprint density at radius 2 is 1.77 bits per heavy atom. The molecule has 0 bridgehead atoms. The van der Waals surface area contributed by atoms with E-state index in [1.165, 1.54) is 17.5 Å². The van der Waals surface area contributed by atoms with E-state index in [4.69, 9.17) is 14.6 Å². The molecule has 0 aromatic heterocycles. The first-order valence-electron chi connectivity index (χ1n) is 10.8. The highest BCUT2D eigenvalue weighted by Crippen LogP contribution is 2.43. The van der Waals surface area contributed by atoms with Gasteiger partial charge in [-0.3, -0.25) is 0 Å². The normalized spacial score (nSPS) is 19.9. The van der Waals surface area contributed by atoms with Gasteiger partial charge in [0.15, 0.2) is 11.5 Å². The molecule has 2 aromatic carbocycles. The number of aliphatic hydroxyl groups excluding tert-OH is 1. The van der Waals surface area contributed by atoms with Crippen molar-refractivity contribution in [3.63, 3.8) is 0 Å². The van der Waals surface area contributed by atoms with Gasteiger partial charge in [-0.15, -0.1) is 0 Å². The third-order valence-electron chi connectivity index (χ3n) is 6.27. The third-order valence-corrected chi connectivity index (χ3v) is 7.75. The predicted molar refractivity (Wildman–Crippen MR) is 121 cm³/mol. The van der Waals surface area contributed by atoms with Crippen molar-refractivity contribution in [1.82, 2.24) is 4.72 Å². The van der Waals surface area contributed by atoms with Crippen LogP contribution >= 0.6 is 0 Å². The van der Waals surface area contributed by atoms with E-state index < -0.39 is 10.0 Å².